The molecule has 0 saturated carbocycles. The minimum atomic E-state index is -0.645. The predicted molar refractivity (Wildman–Crippen MR) is 228 cm³/mol. The number of ketones is 2. The van der Waals surface area contributed by atoms with E-state index in [1.165, 1.54) is 40.9 Å². The van der Waals surface area contributed by atoms with Crippen molar-refractivity contribution in [3.05, 3.63) is 137 Å². The number of rotatable bonds is 7. The van der Waals surface area contributed by atoms with Crippen LogP contribution in [0.25, 0.3) is 33.5 Å². The largest absolute Gasteiger partial charge is 0.444 e. The third-order valence-corrected chi connectivity index (χ3v) is 11.3. The highest BCUT2D eigenvalue weighted by molar-refractivity contribution is 6.46. The average Bonchev–Trinajstić information content (AvgIpc) is 4.10. The first-order valence-electron chi connectivity index (χ1n) is 19.9. The van der Waals surface area contributed by atoms with Gasteiger partial charge >= 0.3 is 0 Å². The molecule has 2 aromatic carbocycles. The number of halogens is 1. The molecule has 62 heavy (non-hydrogen) atoms. The number of aromatic amines is 2. The van der Waals surface area contributed by atoms with Crippen molar-refractivity contribution >= 4 is 68.9 Å². The summed E-state index contributed by atoms with van der Waals surface area (Å²) in [7, 11) is 0. The first-order valence-corrected chi connectivity index (χ1v) is 20.3. The summed E-state index contributed by atoms with van der Waals surface area (Å²) in [5, 5.41) is 0.433. The molecule has 7 heterocycles. The van der Waals surface area contributed by atoms with Gasteiger partial charge in [-0.1, -0.05) is 48.0 Å². The number of benzene rings is 2. The molecule has 2 N–H and O–H groups in total. The van der Waals surface area contributed by atoms with Crippen LogP contribution < -0.4 is 0 Å². The smallest absolute Gasteiger partial charge is 0.295 e. The molecule has 2 atom stereocenters. The van der Waals surface area contributed by atoms with Gasteiger partial charge in [0.25, 0.3) is 35.2 Å². The number of hydrogen-bond donors (Lipinski definition) is 2. The van der Waals surface area contributed by atoms with Crippen LogP contribution in [0.2, 0.25) is 5.02 Å². The fourth-order valence-electron chi connectivity index (χ4n) is 7.80. The summed E-state index contributed by atoms with van der Waals surface area (Å²) < 4.78 is 5.36. The van der Waals surface area contributed by atoms with E-state index in [-0.39, 0.29) is 48.1 Å². The Hall–Kier alpha value is -7.46. The Labute approximate surface area is 359 Å². The molecule has 2 saturated heterocycles. The predicted octanol–water partition coefficient (Wildman–Crippen LogP) is 5.55. The third-order valence-electron chi connectivity index (χ3n) is 11.0. The van der Waals surface area contributed by atoms with E-state index in [1.807, 2.05) is 50.2 Å². The highest BCUT2D eigenvalue weighted by Crippen LogP contribution is 2.28. The molecular formula is C45H40ClN9O7. The van der Waals surface area contributed by atoms with Crippen LogP contribution in [-0.2, 0) is 9.59 Å². The highest BCUT2D eigenvalue weighted by atomic mass is 35.5. The summed E-state index contributed by atoms with van der Waals surface area (Å²) in [6.45, 7) is 5.62. The Morgan fingerprint density at radius 1 is 0.613 bits per heavy atom. The average molecular weight is 854 g/mol. The molecule has 9 rings (SSSR count). The van der Waals surface area contributed by atoms with E-state index in [9.17, 15) is 28.8 Å². The quantitative estimate of drug-likeness (QED) is 0.152. The van der Waals surface area contributed by atoms with Gasteiger partial charge < -0.3 is 34.0 Å². The van der Waals surface area contributed by atoms with Crippen LogP contribution in [0, 0.1) is 0 Å². The molecule has 0 radical (unpaired) electrons. The molecule has 314 valence electrons. The van der Waals surface area contributed by atoms with E-state index >= 15 is 0 Å². The number of carbonyl (C=O) groups is 6. The molecule has 17 heteroatoms. The van der Waals surface area contributed by atoms with Crippen LogP contribution in [0.3, 0.4) is 0 Å². The van der Waals surface area contributed by atoms with Gasteiger partial charge in [-0.05, 0) is 50.2 Å². The molecule has 2 aliphatic heterocycles. The number of aromatic nitrogens is 5. The SMILES string of the molecule is C[C@@H]1CN(C(=O)C(=O)c2c[nH]c3c(-c4ncco4)ccnc23)CCN1C(=O)c1ccccc1.C[C@@H]1CN(C(=O)C(=O)c2c[nH]c3c(Cl)ccnc23)CCN1C(=O)c1ccccc1. The number of pyridine rings is 2. The van der Waals surface area contributed by atoms with Gasteiger partial charge in [0.05, 0.1) is 38.9 Å². The molecular weight excluding hydrogens is 814 g/mol. The first kappa shape index (κ1) is 41.3. The lowest BCUT2D eigenvalue weighted by Crippen LogP contribution is -2.56. The second-order valence-electron chi connectivity index (χ2n) is 14.9. The summed E-state index contributed by atoms with van der Waals surface area (Å²) >= 11 is 6.10. The standard InChI is InChI=1S/C24H21N5O4.C21H19ClN4O3/c1-15-14-28(10-11-29(15)23(31)16-5-3-2-4-6-16)24(32)21(30)18-13-27-19-17(7-8-25-20(18)19)22-26-9-12-33-22;1-13-12-25(9-10-26(13)20(28)14-5-3-2-4-6-14)21(29)19(27)15-11-24-18-16(22)7-8-23-17(15)18/h2-9,12-13,15,27H,10-11,14H2,1H3;2-8,11,13,24H,9-10,12H2,1H3/t15-;13-/m11/s1. The number of nitrogens with one attached hydrogen (secondary N) is 2. The van der Waals surface area contributed by atoms with E-state index in [4.69, 9.17) is 16.0 Å². The normalized spacial score (nSPS) is 16.5. The van der Waals surface area contributed by atoms with Crippen molar-refractivity contribution in [2.45, 2.75) is 25.9 Å². The van der Waals surface area contributed by atoms with E-state index in [2.05, 4.69) is 24.9 Å². The van der Waals surface area contributed by atoms with Gasteiger partial charge in [0.15, 0.2) is 0 Å². The third kappa shape index (κ3) is 8.07. The number of carbonyl (C=O) groups excluding carboxylic acids is 6. The lowest BCUT2D eigenvalue weighted by Gasteiger charge is -2.39. The van der Waals surface area contributed by atoms with Crippen LogP contribution in [-0.4, -0.2) is 131 Å². The molecule has 2 aliphatic rings. The van der Waals surface area contributed by atoms with Crippen molar-refractivity contribution in [2.24, 2.45) is 0 Å². The van der Waals surface area contributed by atoms with E-state index < -0.39 is 23.4 Å². The number of H-pyrrole nitrogens is 2. The van der Waals surface area contributed by atoms with Gasteiger partial charge in [-0.15, -0.1) is 0 Å². The van der Waals surface area contributed by atoms with Crippen molar-refractivity contribution in [1.29, 1.82) is 0 Å². The number of fused-ring (bicyclic) bond motifs is 2. The maximum atomic E-state index is 13.1. The van der Waals surface area contributed by atoms with E-state index in [1.54, 1.807) is 52.4 Å². The maximum absolute atomic E-state index is 13.1. The molecule has 0 aliphatic carbocycles. The Morgan fingerprint density at radius 2 is 1.10 bits per heavy atom. The zero-order chi connectivity index (χ0) is 43.5. The summed E-state index contributed by atoms with van der Waals surface area (Å²) in [6, 6.07) is 21.0. The Kier molecular flexibility index (Phi) is 11.7. The zero-order valence-corrected chi connectivity index (χ0v) is 34.4. The maximum Gasteiger partial charge on any atom is 0.295 e. The van der Waals surface area contributed by atoms with Crippen LogP contribution in [0.1, 0.15) is 55.3 Å². The summed E-state index contributed by atoms with van der Waals surface area (Å²) in [5.41, 5.74) is 4.11. The van der Waals surface area contributed by atoms with Crippen LogP contribution >= 0.6 is 11.6 Å². The molecule has 0 spiro atoms. The van der Waals surface area contributed by atoms with E-state index in [0.717, 1.165) is 0 Å². The minimum absolute atomic E-state index is 0.0769. The summed E-state index contributed by atoms with van der Waals surface area (Å²) in [4.78, 5) is 102. The molecule has 5 aromatic heterocycles. The molecule has 0 unspecified atom stereocenters. The molecule has 2 fully saturated rings. The molecule has 16 nitrogen and oxygen atoms in total. The van der Waals surface area contributed by atoms with Crippen molar-refractivity contribution in [1.82, 2.24) is 44.5 Å². The Morgan fingerprint density at radius 3 is 1.58 bits per heavy atom. The van der Waals surface area contributed by atoms with Crippen LogP contribution in [0.4, 0.5) is 0 Å². The number of piperazine rings is 2. The van der Waals surface area contributed by atoms with Crippen molar-refractivity contribution in [2.75, 3.05) is 39.3 Å². The number of Topliss-reactive ketones (excluding diaryl/α,β-unsaturated/α-hetero) is 2. The second kappa shape index (κ2) is 17.6. The number of amides is 4. The Balaban J connectivity index is 0.000000172. The van der Waals surface area contributed by atoms with E-state index in [0.29, 0.717) is 75.8 Å². The van der Waals surface area contributed by atoms with Crippen molar-refractivity contribution in [3.8, 4) is 11.5 Å². The molecule has 7 aromatic rings. The first-order chi connectivity index (χ1) is 30.0. The summed E-state index contributed by atoms with van der Waals surface area (Å²) in [5.74, 6) is -2.27. The summed E-state index contributed by atoms with van der Waals surface area (Å²) in [6.07, 6.45) is 8.99. The highest BCUT2D eigenvalue weighted by Gasteiger charge is 2.36. The van der Waals surface area contributed by atoms with Gasteiger partial charge in [0.1, 0.15) is 17.3 Å². The fourth-order valence-corrected chi connectivity index (χ4v) is 8.00. The lowest BCUT2D eigenvalue weighted by molar-refractivity contribution is -0.129. The number of oxazole rings is 1. The van der Waals surface area contributed by atoms with Gasteiger partial charge in [0, 0.05) is 87.3 Å². The number of hydrogen-bond acceptors (Lipinski definition) is 10. The minimum Gasteiger partial charge on any atom is -0.444 e. The van der Waals surface area contributed by atoms with Crippen LogP contribution in [0.5, 0.6) is 0 Å². The fraction of sp³-hybridized carbons (Fsp3) is 0.222. The van der Waals surface area contributed by atoms with Gasteiger partial charge in [-0.3, -0.25) is 38.7 Å². The topological polar surface area (TPSA) is 199 Å². The number of nitrogens with zero attached hydrogens (tertiary/aromatic N) is 7. The Bertz CT molecular complexity index is 2810. The molecule has 0 bridgehead atoms. The lowest BCUT2D eigenvalue weighted by atomic mass is 10.1. The monoisotopic (exact) mass is 853 g/mol. The van der Waals surface area contributed by atoms with Crippen LogP contribution in [0.15, 0.2) is 114 Å². The zero-order valence-electron chi connectivity index (χ0n) is 33.7. The van der Waals surface area contributed by atoms with Gasteiger partial charge in [0.2, 0.25) is 5.89 Å². The van der Waals surface area contributed by atoms with Crippen molar-refractivity contribution < 1.29 is 33.2 Å². The van der Waals surface area contributed by atoms with Gasteiger partial charge in [-0.2, -0.15) is 0 Å². The van der Waals surface area contributed by atoms with Crippen molar-refractivity contribution in [3.63, 3.8) is 0 Å². The second-order valence-corrected chi connectivity index (χ2v) is 15.3. The van der Waals surface area contributed by atoms with Gasteiger partial charge in [-0.25, -0.2) is 4.98 Å². The molecule has 4 amide bonds.